The molecule has 0 unspecified atom stereocenters. The Morgan fingerprint density at radius 3 is 2.45 bits per heavy atom. The Bertz CT molecular complexity index is 963. The van der Waals surface area contributed by atoms with Crippen LogP contribution in [0.15, 0.2) is 59.0 Å². The number of nitrogens with one attached hydrogen (secondary N) is 2. The number of carbonyl (C=O) groups is 2. The van der Waals surface area contributed by atoms with Gasteiger partial charge < -0.3 is 26.3 Å². The Labute approximate surface area is 170 Å². The molecule has 1 aliphatic heterocycles. The third-order valence-electron chi connectivity index (χ3n) is 5.69. The molecule has 29 heavy (non-hydrogen) atoms. The van der Waals surface area contributed by atoms with Crippen LogP contribution in [0, 0.1) is 5.41 Å². The lowest BCUT2D eigenvalue weighted by Gasteiger charge is -2.34. The van der Waals surface area contributed by atoms with E-state index in [-0.39, 0.29) is 28.5 Å². The second kappa shape index (κ2) is 7.67. The SMILES string of the molecule is CN1CCN(c2ccc(CNC3=C(N)C(=O)C4=C(CC=CC4=N)C3=O)cc2)CC1. The highest BCUT2D eigenvalue weighted by Crippen LogP contribution is 2.28. The Hall–Kier alpha value is -3.19. The molecule has 4 N–H and O–H groups in total. The molecule has 2 aliphatic carbocycles. The predicted molar refractivity (Wildman–Crippen MR) is 113 cm³/mol. The van der Waals surface area contributed by atoms with E-state index in [9.17, 15) is 9.59 Å². The molecule has 0 bridgehead atoms. The molecular weight excluding hydrogens is 366 g/mol. The molecule has 1 fully saturated rings. The van der Waals surface area contributed by atoms with Crippen LogP contribution in [-0.2, 0) is 16.1 Å². The molecule has 0 saturated carbocycles. The zero-order valence-electron chi connectivity index (χ0n) is 16.5. The molecule has 0 atom stereocenters. The molecule has 0 aromatic heterocycles. The highest BCUT2D eigenvalue weighted by atomic mass is 16.1. The topological polar surface area (TPSA) is 103 Å². The molecule has 1 heterocycles. The van der Waals surface area contributed by atoms with Crippen LogP contribution < -0.4 is 16.0 Å². The minimum Gasteiger partial charge on any atom is -0.394 e. The van der Waals surface area contributed by atoms with Gasteiger partial charge in [-0.25, -0.2) is 0 Å². The van der Waals surface area contributed by atoms with Gasteiger partial charge in [-0.15, -0.1) is 0 Å². The van der Waals surface area contributed by atoms with Crippen LogP contribution in [0.3, 0.4) is 0 Å². The van der Waals surface area contributed by atoms with Gasteiger partial charge in [0.2, 0.25) is 11.6 Å². The lowest BCUT2D eigenvalue weighted by atomic mass is 9.83. The molecule has 3 aliphatic rings. The molecule has 0 spiro atoms. The van der Waals surface area contributed by atoms with Crippen LogP contribution in [0.25, 0.3) is 0 Å². The van der Waals surface area contributed by atoms with Crippen LogP contribution in [0.4, 0.5) is 5.69 Å². The Morgan fingerprint density at radius 1 is 1.07 bits per heavy atom. The van der Waals surface area contributed by atoms with Crippen LogP contribution in [-0.4, -0.2) is 55.4 Å². The zero-order chi connectivity index (χ0) is 20.5. The van der Waals surface area contributed by atoms with Gasteiger partial charge in [0.1, 0.15) is 11.4 Å². The molecule has 7 nitrogen and oxygen atoms in total. The molecule has 4 rings (SSSR count). The van der Waals surface area contributed by atoms with E-state index in [2.05, 4.69) is 34.3 Å². The zero-order valence-corrected chi connectivity index (χ0v) is 16.5. The summed E-state index contributed by atoms with van der Waals surface area (Å²) in [6, 6.07) is 8.22. The van der Waals surface area contributed by atoms with Crippen molar-refractivity contribution in [1.82, 2.24) is 10.2 Å². The maximum absolute atomic E-state index is 12.8. The Morgan fingerprint density at radius 2 is 1.76 bits per heavy atom. The van der Waals surface area contributed by atoms with Crippen molar-refractivity contribution < 1.29 is 9.59 Å². The van der Waals surface area contributed by atoms with E-state index in [4.69, 9.17) is 11.1 Å². The number of hydrogen-bond acceptors (Lipinski definition) is 7. The number of Topliss-reactive ketones (excluding diaryl/α,β-unsaturated/α-hetero) is 2. The largest absolute Gasteiger partial charge is 0.394 e. The molecule has 1 saturated heterocycles. The summed E-state index contributed by atoms with van der Waals surface area (Å²) >= 11 is 0. The monoisotopic (exact) mass is 391 g/mol. The number of anilines is 1. The van der Waals surface area contributed by atoms with Crippen LogP contribution in [0.1, 0.15) is 12.0 Å². The number of benzene rings is 1. The van der Waals surface area contributed by atoms with Gasteiger partial charge in [-0.3, -0.25) is 9.59 Å². The number of ketones is 2. The molecule has 1 aromatic carbocycles. The third-order valence-corrected chi connectivity index (χ3v) is 5.69. The maximum atomic E-state index is 12.8. The van der Waals surface area contributed by atoms with Crippen molar-refractivity contribution in [1.29, 1.82) is 5.41 Å². The van der Waals surface area contributed by atoms with Crippen LogP contribution >= 0.6 is 0 Å². The van der Waals surface area contributed by atoms with Crippen molar-refractivity contribution in [3.05, 3.63) is 64.5 Å². The van der Waals surface area contributed by atoms with E-state index < -0.39 is 5.78 Å². The van der Waals surface area contributed by atoms with Crippen molar-refractivity contribution in [2.24, 2.45) is 5.73 Å². The normalized spacial score (nSPS) is 20.4. The number of allylic oxidation sites excluding steroid dienone is 4. The fourth-order valence-corrected chi connectivity index (χ4v) is 3.88. The van der Waals surface area contributed by atoms with Gasteiger partial charge in [-0.2, -0.15) is 0 Å². The molecule has 150 valence electrons. The number of piperazine rings is 1. The van der Waals surface area contributed by atoms with E-state index in [1.54, 1.807) is 6.08 Å². The average Bonchev–Trinajstić information content (AvgIpc) is 2.73. The highest BCUT2D eigenvalue weighted by molar-refractivity contribution is 6.38. The smallest absolute Gasteiger partial charge is 0.213 e. The highest BCUT2D eigenvalue weighted by Gasteiger charge is 2.35. The van der Waals surface area contributed by atoms with Gasteiger partial charge in [0.15, 0.2) is 0 Å². The molecule has 0 amide bonds. The lowest BCUT2D eigenvalue weighted by molar-refractivity contribution is -0.116. The van der Waals surface area contributed by atoms with E-state index in [0.29, 0.717) is 18.5 Å². The van der Waals surface area contributed by atoms with Crippen molar-refractivity contribution in [3.8, 4) is 0 Å². The summed E-state index contributed by atoms with van der Waals surface area (Å²) in [6.07, 6.45) is 3.61. The van der Waals surface area contributed by atoms with Crippen LogP contribution in [0.5, 0.6) is 0 Å². The van der Waals surface area contributed by atoms with Crippen molar-refractivity contribution in [2.45, 2.75) is 13.0 Å². The van der Waals surface area contributed by atoms with E-state index in [0.717, 1.165) is 31.7 Å². The Kier molecular flexibility index (Phi) is 5.07. The van der Waals surface area contributed by atoms with Crippen LogP contribution in [0.2, 0.25) is 0 Å². The van der Waals surface area contributed by atoms with Gasteiger partial charge in [-0.05, 0) is 37.2 Å². The Balaban J connectivity index is 1.44. The molecule has 0 radical (unpaired) electrons. The quantitative estimate of drug-likeness (QED) is 0.665. The summed E-state index contributed by atoms with van der Waals surface area (Å²) in [5.41, 5.74) is 8.71. The first kappa shape index (κ1) is 19.1. The minimum absolute atomic E-state index is 0.0473. The fourth-order valence-electron chi connectivity index (χ4n) is 3.88. The van der Waals surface area contributed by atoms with Crippen molar-refractivity contribution in [3.63, 3.8) is 0 Å². The van der Waals surface area contributed by atoms with Gasteiger partial charge in [0.05, 0.1) is 11.3 Å². The fraction of sp³-hybridized carbons (Fsp3) is 0.318. The van der Waals surface area contributed by atoms with Crippen molar-refractivity contribution >= 4 is 23.0 Å². The lowest BCUT2D eigenvalue weighted by Crippen LogP contribution is -2.44. The average molecular weight is 391 g/mol. The summed E-state index contributed by atoms with van der Waals surface area (Å²) in [5.74, 6) is -0.734. The number of hydrogen-bond donors (Lipinski definition) is 3. The summed E-state index contributed by atoms with van der Waals surface area (Å²) in [7, 11) is 2.13. The van der Waals surface area contributed by atoms with Gasteiger partial charge >= 0.3 is 0 Å². The number of likely N-dealkylation sites (N-methyl/N-ethyl adjacent to an activating group) is 1. The molecule has 1 aromatic rings. The minimum atomic E-state index is -0.443. The van der Waals surface area contributed by atoms with Gasteiger partial charge in [-0.1, -0.05) is 18.2 Å². The van der Waals surface area contributed by atoms with E-state index in [1.165, 1.54) is 11.8 Å². The summed E-state index contributed by atoms with van der Waals surface area (Å²) in [5, 5.41) is 11.0. The molecule has 7 heteroatoms. The summed E-state index contributed by atoms with van der Waals surface area (Å²) in [6.45, 7) is 4.52. The first-order valence-electron chi connectivity index (χ1n) is 9.79. The predicted octanol–water partition coefficient (Wildman–Crippen LogP) is 1.13. The second-order valence-corrected chi connectivity index (χ2v) is 7.63. The summed E-state index contributed by atoms with van der Waals surface area (Å²) < 4.78 is 0. The summed E-state index contributed by atoms with van der Waals surface area (Å²) in [4.78, 5) is 30.1. The first-order chi connectivity index (χ1) is 14.0. The third kappa shape index (κ3) is 3.61. The van der Waals surface area contributed by atoms with E-state index >= 15 is 0 Å². The standard InChI is InChI=1S/C22H25N5O2/c1-26-9-11-27(12-10-26)15-7-5-14(6-8-15)13-25-20-19(24)22(29)18-16(21(20)28)3-2-4-17(18)23/h2,4-8,23,25H,3,9-13,24H2,1H3. The number of nitrogens with zero attached hydrogens (tertiary/aromatic N) is 2. The van der Waals surface area contributed by atoms with Gasteiger partial charge in [0, 0.05) is 44.0 Å². The van der Waals surface area contributed by atoms with E-state index in [1.807, 2.05) is 12.1 Å². The number of nitrogens with two attached hydrogens (primary N) is 1. The van der Waals surface area contributed by atoms with Gasteiger partial charge in [0.25, 0.3) is 0 Å². The van der Waals surface area contributed by atoms with Crippen molar-refractivity contribution in [2.75, 3.05) is 38.1 Å². The molecular formula is C22H25N5O2. The first-order valence-corrected chi connectivity index (χ1v) is 9.79. The number of carbonyl (C=O) groups excluding carboxylic acids is 2. The number of rotatable bonds is 4. The maximum Gasteiger partial charge on any atom is 0.213 e. The second-order valence-electron chi connectivity index (χ2n) is 7.63.